The molecule has 156 valence electrons. The Labute approximate surface area is 172 Å². The average Bonchev–Trinajstić information content (AvgIpc) is 2.69. The normalized spacial score (nSPS) is 15.3. The van der Waals surface area contributed by atoms with Crippen LogP contribution in [0.5, 0.6) is 5.75 Å². The maximum Gasteiger partial charge on any atom is 0.236 e. The number of likely N-dealkylation sites (N-methyl/N-ethyl adjacent to an activating group) is 1. The maximum atomic E-state index is 13.3. The molecule has 0 bridgehead atoms. The van der Waals surface area contributed by atoms with E-state index in [0.717, 1.165) is 44.0 Å². The number of hydrogen-bond acceptors (Lipinski definition) is 4. The van der Waals surface area contributed by atoms with Crippen molar-refractivity contribution in [3.8, 4) is 5.75 Å². The molecule has 0 N–H and O–H groups in total. The molecule has 6 heteroatoms. The SMILES string of the molecule is COc1ccc(C)cc1CN1CCN(CC(=O)N(C)Cc2cccc(F)c2)CC1. The molecule has 1 aliphatic heterocycles. The van der Waals surface area contributed by atoms with E-state index in [2.05, 4.69) is 28.9 Å². The van der Waals surface area contributed by atoms with Gasteiger partial charge in [0.05, 0.1) is 13.7 Å². The summed E-state index contributed by atoms with van der Waals surface area (Å²) in [7, 11) is 3.48. The Kier molecular flexibility index (Phi) is 7.23. The van der Waals surface area contributed by atoms with Crippen molar-refractivity contribution in [1.82, 2.24) is 14.7 Å². The molecular weight excluding hydrogens is 369 g/mol. The number of aryl methyl sites for hydroxylation is 1. The largest absolute Gasteiger partial charge is 0.496 e. The molecule has 3 rings (SSSR count). The van der Waals surface area contributed by atoms with Crippen molar-refractivity contribution < 1.29 is 13.9 Å². The van der Waals surface area contributed by atoms with Gasteiger partial charge in [0.1, 0.15) is 11.6 Å². The van der Waals surface area contributed by atoms with Crippen molar-refractivity contribution in [2.75, 3.05) is 46.9 Å². The lowest BCUT2D eigenvalue weighted by Crippen LogP contribution is -2.49. The van der Waals surface area contributed by atoms with Crippen molar-refractivity contribution in [2.45, 2.75) is 20.0 Å². The van der Waals surface area contributed by atoms with Gasteiger partial charge in [0, 0.05) is 51.9 Å². The molecule has 2 aromatic rings. The summed E-state index contributed by atoms with van der Waals surface area (Å²) < 4.78 is 18.8. The minimum absolute atomic E-state index is 0.0584. The molecular formula is C23H30FN3O2. The summed E-state index contributed by atoms with van der Waals surface area (Å²) in [6.45, 7) is 7.30. The number of piperazine rings is 1. The van der Waals surface area contributed by atoms with E-state index in [4.69, 9.17) is 4.74 Å². The number of hydrogen-bond donors (Lipinski definition) is 0. The van der Waals surface area contributed by atoms with Gasteiger partial charge in [-0.05, 0) is 30.7 Å². The fraction of sp³-hybridized carbons (Fsp3) is 0.435. The highest BCUT2D eigenvalue weighted by Crippen LogP contribution is 2.22. The van der Waals surface area contributed by atoms with Crippen LogP contribution in [-0.2, 0) is 17.9 Å². The molecule has 29 heavy (non-hydrogen) atoms. The lowest BCUT2D eigenvalue weighted by molar-refractivity contribution is -0.132. The number of carbonyl (C=O) groups excluding carboxylic acids is 1. The highest BCUT2D eigenvalue weighted by molar-refractivity contribution is 5.78. The van der Waals surface area contributed by atoms with Gasteiger partial charge in [-0.1, -0.05) is 29.8 Å². The van der Waals surface area contributed by atoms with E-state index in [0.29, 0.717) is 13.1 Å². The molecule has 5 nitrogen and oxygen atoms in total. The Morgan fingerprint density at radius 1 is 1.10 bits per heavy atom. The van der Waals surface area contributed by atoms with E-state index in [1.807, 2.05) is 12.1 Å². The summed E-state index contributed by atoms with van der Waals surface area (Å²) in [5.41, 5.74) is 3.23. The third kappa shape index (κ3) is 6.02. The molecule has 0 spiro atoms. The average molecular weight is 400 g/mol. The molecule has 1 amide bonds. The van der Waals surface area contributed by atoms with Crippen molar-refractivity contribution >= 4 is 5.91 Å². The lowest BCUT2D eigenvalue weighted by Gasteiger charge is -2.35. The van der Waals surface area contributed by atoms with Crippen LogP contribution in [-0.4, -0.2) is 67.5 Å². The van der Waals surface area contributed by atoms with Crippen LogP contribution in [0.25, 0.3) is 0 Å². The molecule has 1 saturated heterocycles. The van der Waals surface area contributed by atoms with E-state index >= 15 is 0 Å². The van der Waals surface area contributed by atoms with Gasteiger partial charge < -0.3 is 9.64 Å². The molecule has 0 radical (unpaired) electrons. The number of methoxy groups -OCH3 is 1. The van der Waals surface area contributed by atoms with E-state index in [9.17, 15) is 9.18 Å². The predicted molar refractivity (Wildman–Crippen MR) is 112 cm³/mol. The van der Waals surface area contributed by atoms with Gasteiger partial charge in [-0.15, -0.1) is 0 Å². The summed E-state index contributed by atoms with van der Waals surface area (Å²) in [5, 5.41) is 0. The van der Waals surface area contributed by atoms with Crippen LogP contribution in [0.3, 0.4) is 0 Å². The van der Waals surface area contributed by atoms with Gasteiger partial charge in [0.25, 0.3) is 0 Å². The molecule has 1 fully saturated rings. The van der Waals surface area contributed by atoms with Crippen LogP contribution in [0, 0.1) is 12.7 Å². The Hall–Kier alpha value is -2.44. The van der Waals surface area contributed by atoms with Crippen LogP contribution >= 0.6 is 0 Å². The quantitative estimate of drug-likeness (QED) is 0.717. The van der Waals surface area contributed by atoms with Crippen molar-refractivity contribution in [2.24, 2.45) is 0 Å². The summed E-state index contributed by atoms with van der Waals surface area (Å²) in [6.07, 6.45) is 0. The number of nitrogens with zero attached hydrogens (tertiary/aromatic N) is 3. The minimum Gasteiger partial charge on any atom is -0.496 e. The van der Waals surface area contributed by atoms with E-state index in [1.54, 1.807) is 25.1 Å². The van der Waals surface area contributed by atoms with Crippen molar-refractivity contribution in [1.29, 1.82) is 0 Å². The van der Waals surface area contributed by atoms with Gasteiger partial charge in [0.15, 0.2) is 0 Å². The topological polar surface area (TPSA) is 36.0 Å². The van der Waals surface area contributed by atoms with Gasteiger partial charge in [0.2, 0.25) is 5.91 Å². The monoisotopic (exact) mass is 399 g/mol. The van der Waals surface area contributed by atoms with Crippen molar-refractivity contribution in [3.63, 3.8) is 0 Å². The second-order valence-electron chi connectivity index (χ2n) is 7.75. The van der Waals surface area contributed by atoms with Crippen LogP contribution in [0.2, 0.25) is 0 Å². The molecule has 0 saturated carbocycles. The molecule has 1 heterocycles. The smallest absolute Gasteiger partial charge is 0.236 e. The third-order valence-electron chi connectivity index (χ3n) is 5.39. The Morgan fingerprint density at radius 2 is 1.83 bits per heavy atom. The van der Waals surface area contributed by atoms with Crippen LogP contribution in [0.4, 0.5) is 4.39 Å². The number of amides is 1. The second kappa shape index (κ2) is 9.85. The zero-order valence-corrected chi connectivity index (χ0v) is 17.5. The highest BCUT2D eigenvalue weighted by atomic mass is 19.1. The first-order valence-corrected chi connectivity index (χ1v) is 10.0. The van der Waals surface area contributed by atoms with E-state index in [-0.39, 0.29) is 11.7 Å². The van der Waals surface area contributed by atoms with Gasteiger partial charge in [-0.25, -0.2) is 4.39 Å². The summed E-state index contributed by atoms with van der Waals surface area (Å²) in [6, 6.07) is 12.7. The van der Waals surface area contributed by atoms with Gasteiger partial charge >= 0.3 is 0 Å². The van der Waals surface area contributed by atoms with E-state index in [1.165, 1.54) is 23.3 Å². The van der Waals surface area contributed by atoms with Crippen molar-refractivity contribution in [3.05, 3.63) is 65.0 Å². The molecule has 0 aliphatic carbocycles. The third-order valence-corrected chi connectivity index (χ3v) is 5.39. The summed E-state index contributed by atoms with van der Waals surface area (Å²) in [5.74, 6) is 0.708. The Bertz CT molecular complexity index is 835. The first-order valence-electron chi connectivity index (χ1n) is 10.0. The van der Waals surface area contributed by atoms with Gasteiger partial charge in [-0.3, -0.25) is 14.6 Å². The Morgan fingerprint density at radius 3 is 2.52 bits per heavy atom. The highest BCUT2D eigenvalue weighted by Gasteiger charge is 2.21. The zero-order chi connectivity index (χ0) is 20.8. The number of rotatable bonds is 7. The second-order valence-corrected chi connectivity index (χ2v) is 7.75. The number of halogens is 1. The van der Waals surface area contributed by atoms with Crippen LogP contribution in [0.15, 0.2) is 42.5 Å². The summed E-state index contributed by atoms with van der Waals surface area (Å²) in [4.78, 5) is 18.8. The lowest BCUT2D eigenvalue weighted by atomic mass is 10.1. The van der Waals surface area contributed by atoms with E-state index < -0.39 is 0 Å². The minimum atomic E-state index is -0.273. The number of benzene rings is 2. The Balaban J connectivity index is 1.47. The molecule has 2 aromatic carbocycles. The first kappa shape index (κ1) is 21.3. The maximum absolute atomic E-state index is 13.3. The number of carbonyl (C=O) groups is 1. The molecule has 0 unspecified atom stereocenters. The molecule has 1 aliphatic rings. The summed E-state index contributed by atoms with van der Waals surface area (Å²) >= 11 is 0. The standard InChI is InChI=1S/C23H30FN3O2/c1-18-7-8-22(29-3)20(13-18)16-26-9-11-27(12-10-26)17-23(28)25(2)15-19-5-4-6-21(24)14-19/h4-8,13-14H,9-12,15-17H2,1-3H3. The fourth-order valence-corrected chi connectivity index (χ4v) is 3.69. The number of ether oxygens (including phenoxy) is 1. The molecule has 0 aromatic heterocycles. The fourth-order valence-electron chi connectivity index (χ4n) is 3.69. The molecule has 0 atom stereocenters. The van der Waals surface area contributed by atoms with Crippen LogP contribution < -0.4 is 4.74 Å². The van der Waals surface area contributed by atoms with Gasteiger partial charge in [-0.2, -0.15) is 0 Å². The predicted octanol–water partition coefficient (Wildman–Crippen LogP) is 2.92. The first-order chi connectivity index (χ1) is 13.9. The zero-order valence-electron chi connectivity index (χ0n) is 17.5. The van der Waals surface area contributed by atoms with Crippen LogP contribution in [0.1, 0.15) is 16.7 Å².